The zero-order valence-electron chi connectivity index (χ0n) is 18.3. The van der Waals surface area contributed by atoms with Crippen molar-refractivity contribution >= 4 is 53.3 Å². The third kappa shape index (κ3) is 7.40. The number of methoxy groups -OCH3 is 1. The lowest BCUT2D eigenvalue weighted by Crippen LogP contribution is -2.45. The van der Waals surface area contributed by atoms with E-state index in [2.05, 4.69) is 30.8 Å². The quantitative estimate of drug-likeness (QED) is 0.195. The van der Waals surface area contributed by atoms with Crippen molar-refractivity contribution in [3.8, 4) is 5.75 Å². The number of guanidine groups is 1. The number of ether oxygens (including phenoxy) is 1. The van der Waals surface area contributed by atoms with Crippen molar-refractivity contribution in [1.29, 1.82) is 0 Å². The fourth-order valence-corrected chi connectivity index (χ4v) is 3.62. The Balaban J connectivity index is 0.00000363. The second kappa shape index (κ2) is 13.3. The molecular weight excluding hydrogens is 543 g/mol. The molecule has 0 spiro atoms. The molecule has 8 nitrogen and oxygen atoms in total. The van der Waals surface area contributed by atoms with E-state index in [1.165, 1.54) is 0 Å². The molecule has 0 saturated carbocycles. The van der Waals surface area contributed by atoms with Crippen LogP contribution >= 0.6 is 35.6 Å². The summed E-state index contributed by atoms with van der Waals surface area (Å²) in [6, 6.07) is 10.9. The van der Waals surface area contributed by atoms with Gasteiger partial charge in [-0.2, -0.15) is 0 Å². The summed E-state index contributed by atoms with van der Waals surface area (Å²) in [5.41, 5.74) is 0.592. The minimum Gasteiger partial charge on any atom is -0.497 e. The van der Waals surface area contributed by atoms with Crippen LogP contribution in [0.1, 0.15) is 23.7 Å². The van der Waals surface area contributed by atoms with E-state index in [9.17, 15) is 4.79 Å². The van der Waals surface area contributed by atoms with Gasteiger partial charge in [0, 0.05) is 44.0 Å². The molecule has 1 aliphatic heterocycles. The van der Waals surface area contributed by atoms with Gasteiger partial charge in [-0.15, -0.1) is 24.0 Å². The Morgan fingerprint density at radius 3 is 2.75 bits per heavy atom. The number of carbonyl (C=O) groups excluding carboxylic acids is 1. The molecule has 1 atom stereocenters. The van der Waals surface area contributed by atoms with Crippen LogP contribution < -0.4 is 25.6 Å². The number of rotatable bonds is 8. The van der Waals surface area contributed by atoms with Gasteiger partial charge in [-0.3, -0.25) is 9.79 Å². The summed E-state index contributed by atoms with van der Waals surface area (Å²) in [7, 11) is 1.60. The van der Waals surface area contributed by atoms with Gasteiger partial charge in [0.15, 0.2) is 5.96 Å². The number of nitrogens with one attached hydrogen (secondary N) is 3. The zero-order valence-corrected chi connectivity index (χ0v) is 21.4. The molecule has 3 rings (SSSR count). The fraction of sp³-hybridized carbons (Fsp3) is 0.409. The van der Waals surface area contributed by atoms with Gasteiger partial charge in [-0.05, 0) is 49.7 Å². The largest absolute Gasteiger partial charge is 0.497 e. The first-order valence-corrected chi connectivity index (χ1v) is 10.8. The molecule has 0 aliphatic carbocycles. The van der Waals surface area contributed by atoms with Crippen molar-refractivity contribution in [1.82, 2.24) is 20.9 Å². The van der Waals surface area contributed by atoms with Crippen molar-refractivity contribution in [3.05, 3.63) is 53.2 Å². The van der Waals surface area contributed by atoms with Crippen LogP contribution in [0, 0.1) is 0 Å². The van der Waals surface area contributed by atoms with Crippen molar-refractivity contribution in [2.45, 2.75) is 19.4 Å². The first kappa shape index (κ1) is 26.0. The lowest BCUT2D eigenvalue weighted by Gasteiger charge is -2.20. The maximum Gasteiger partial charge on any atom is 0.251 e. The SMILES string of the molecule is CCNC(=NCCNC(=O)c1ccc(OC)cc1)NC1CCN(c2ncccc2Cl)C1.I. The minimum absolute atomic E-state index is 0. The van der Waals surface area contributed by atoms with Crippen LogP contribution in [-0.4, -0.2) is 62.7 Å². The highest BCUT2D eigenvalue weighted by Crippen LogP contribution is 2.25. The number of nitrogens with zero attached hydrogens (tertiary/aromatic N) is 3. The molecule has 1 aromatic carbocycles. The monoisotopic (exact) mass is 572 g/mol. The Morgan fingerprint density at radius 2 is 2.06 bits per heavy atom. The fourth-order valence-electron chi connectivity index (χ4n) is 3.38. The first-order valence-electron chi connectivity index (χ1n) is 10.4. The number of benzene rings is 1. The molecule has 2 aromatic rings. The van der Waals surface area contributed by atoms with Crippen molar-refractivity contribution in [3.63, 3.8) is 0 Å². The van der Waals surface area contributed by atoms with Gasteiger partial charge in [-0.1, -0.05) is 11.6 Å². The highest BCUT2D eigenvalue weighted by molar-refractivity contribution is 14.0. The molecule has 1 aliphatic rings. The van der Waals surface area contributed by atoms with Gasteiger partial charge in [-0.25, -0.2) is 4.98 Å². The Bertz CT molecular complexity index is 896. The van der Waals surface area contributed by atoms with Crippen molar-refractivity contribution in [2.24, 2.45) is 4.99 Å². The van der Waals surface area contributed by atoms with Crippen LogP contribution in [0.4, 0.5) is 5.82 Å². The Kier molecular flexibility index (Phi) is 10.8. The molecule has 10 heteroatoms. The Labute approximate surface area is 211 Å². The summed E-state index contributed by atoms with van der Waals surface area (Å²) in [5.74, 6) is 2.14. The average molecular weight is 573 g/mol. The highest BCUT2D eigenvalue weighted by Gasteiger charge is 2.25. The Hall–Kier alpha value is -2.27. The summed E-state index contributed by atoms with van der Waals surface area (Å²) in [4.78, 5) is 23.4. The van der Waals surface area contributed by atoms with Gasteiger partial charge in [0.05, 0.1) is 18.7 Å². The molecule has 0 bridgehead atoms. The summed E-state index contributed by atoms with van der Waals surface area (Å²) >= 11 is 6.28. The molecule has 1 aromatic heterocycles. The molecule has 2 heterocycles. The lowest BCUT2D eigenvalue weighted by molar-refractivity contribution is 0.0954. The van der Waals surface area contributed by atoms with E-state index in [4.69, 9.17) is 16.3 Å². The van der Waals surface area contributed by atoms with E-state index in [-0.39, 0.29) is 35.9 Å². The van der Waals surface area contributed by atoms with Gasteiger partial charge < -0.3 is 25.6 Å². The van der Waals surface area contributed by atoms with E-state index < -0.39 is 0 Å². The summed E-state index contributed by atoms with van der Waals surface area (Å²) in [5, 5.41) is 10.3. The number of anilines is 1. The predicted octanol–water partition coefficient (Wildman–Crippen LogP) is 2.93. The molecule has 1 unspecified atom stereocenters. The summed E-state index contributed by atoms with van der Waals surface area (Å²) in [6.45, 7) is 5.38. The maximum atomic E-state index is 12.2. The molecule has 1 amide bonds. The van der Waals surface area contributed by atoms with Crippen molar-refractivity contribution in [2.75, 3.05) is 44.7 Å². The third-order valence-electron chi connectivity index (χ3n) is 4.93. The van der Waals surface area contributed by atoms with Gasteiger partial charge >= 0.3 is 0 Å². The number of halogens is 2. The van der Waals surface area contributed by atoms with Gasteiger partial charge in [0.2, 0.25) is 0 Å². The predicted molar refractivity (Wildman–Crippen MR) is 140 cm³/mol. The number of carbonyl (C=O) groups is 1. The smallest absolute Gasteiger partial charge is 0.251 e. The number of hydrogen-bond donors (Lipinski definition) is 3. The number of pyridine rings is 1. The van der Waals surface area contributed by atoms with Crippen LogP contribution in [0.2, 0.25) is 5.02 Å². The van der Waals surface area contributed by atoms with E-state index in [1.807, 2.05) is 19.1 Å². The van der Waals surface area contributed by atoms with Gasteiger partial charge in [0.1, 0.15) is 11.6 Å². The van der Waals surface area contributed by atoms with E-state index >= 15 is 0 Å². The van der Waals surface area contributed by atoms with E-state index in [0.717, 1.165) is 43.6 Å². The zero-order chi connectivity index (χ0) is 22.1. The van der Waals surface area contributed by atoms with Crippen LogP contribution in [0.3, 0.4) is 0 Å². The number of aromatic nitrogens is 1. The maximum absolute atomic E-state index is 12.2. The highest BCUT2D eigenvalue weighted by atomic mass is 127. The van der Waals surface area contributed by atoms with Crippen LogP contribution in [-0.2, 0) is 0 Å². The molecule has 0 radical (unpaired) electrons. The summed E-state index contributed by atoms with van der Waals surface area (Å²) in [6.07, 6.45) is 2.72. The first-order chi connectivity index (χ1) is 15.1. The topological polar surface area (TPSA) is 90.9 Å². The molecule has 1 fully saturated rings. The number of amides is 1. The average Bonchev–Trinajstić information content (AvgIpc) is 3.25. The normalized spacial score (nSPS) is 15.7. The molecule has 3 N–H and O–H groups in total. The standard InChI is InChI=1S/C22H29ClN6O2.HI/c1-3-24-22(27-13-12-26-21(30)16-6-8-18(31-2)9-7-16)28-17-10-14-29(15-17)20-19(23)5-4-11-25-20;/h4-9,11,17H,3,10,12-15H2,1-2H3,(H,26,30)(H2,24,27,28);1H. The second-order valence-electron chi connectivity index (χ2n) is 7.13. The van der Waals surface area contributed by atoms with Crippen molar-refractivity contribution < 1.29 is 9.53 Å². The van der Waals surface area contributed by atoms with Crippen LogP contribution in [0.25, 0.3) is 0 Å². The molecular formula is C22H30ClIN6O2. The molecule has 1 saturated heterocycles. The lowest BCUT2D eigenvalue weighted by atomic mass is 10.2. The minimum atomic E-state index is -0.130. The molecule has 32 heavy (non-hydrogen) atoms. The number of hydrogen-bond acceptors (Lipinski definition) is 5. The third-order valence-corrected chi connectivity index (χ3v) is 5.23. The molecule has 174 valence electrons. The van der Waals surface area contributed by atoms with Crippen LogP contribution in [0.15, 0.2) is 47.6 Å². The summed E-state index contributed by atoms with van der Waals surface area (Å²) < 4.78 is 5.11. The van der Waals surface area contributed by atoms with E-state index in [0.29, 0.717) is 23.7 Å². The van der Waals surface area contributed by atoms with E-state index in [1.54, 1.807) is 37.6 Å². The number of aliphatic imine (C=N–C) groups is 1. The Morgan fingerprint density at radius 1 is 1.28 bits per heavy atom. The van der Waals surface area contributed by atoms with Gasteiger partial charge in [0.25, 0.3) is 5.91 Å². The van der Waals surface area contributed by atoms with Crippen LogP contribution in [0.5, 0.6) is 5.75 Å². The second-order valence-corrected chi connectivity index (χ2v) is 7.54.